The van der Waals surface area contributed by atoms with Crippen LogP contribution in [-0.4, -0.2) is 59.1 Å². The van der Waals surface area contributed by atoms with Crippen molar-refractivity contribution in [2.45, 2.75) is 65.3 Å². The third-order valence-corrected chi connectivity index (χ3v) is 8.39. The highest BCUT2D eigenvalue weighted by Gasteiger charge is 2.47. The topological polar surface area (TPSA) is 85.8 Å². The quantitative estimate of drug-likeness (QED) is 0.498. The first-order chi connectivity index (χ1) is 17.3. The average molecular weight is 493 g/mol. The van der Waals surface area contributed by atoms with Crippen LogP contribution < -0.4 is 10.2 Å². The highest BCUT2D eigenvalue weighted by molar-refractivity contribution is 5.89. The number of nitrogens with zero attached hydrogens (tertiary/aromatic N) is 3. The van der Waals surface area contributed by atoms with E-state index in [1.807, 2.05) is 38.2 Å². The summed E-state index contributed by atoms with van der Waals surface area (Å²) in [5.41, 5.74) is 2.94. The zero-order valence-corrected chi connectivity index (χ0v) is 21.9. The minimum absolute atomic E-state index is 0.00654. The molecule has 0 bridgehead atoms. The van der Waals surface area contributed by atoms with Crippen molar-refractivity contribution < 1.29 is 14.7 Å². The van der Waals surface area contributed by atoms with Gasteiger partial charge in [0.05, 0.1) is 5.41 Å². The molecular weight excluding hydrogens is 452 g/mol. The lowest BCUT2D eigenvalue weighted by Gasteiger charge is -2.34. The molecular formula is C29H40N4O3. The molecule has 4 rings (SSSR count). The number of carboxylic acid groups (broad SMARTS) is 1. The van der Waals surface area contributed by atoms with E-state index < -0.39 is 17.4 Å². The first-order valence-electron chi connectivity index (χ1n) is 13.4. The maximum absolute atomic E-state index is 13.1. The standard InChI is InChI=1S/C29H40N4O3/c1-4-29(5-2)13-17-33(28(29)36)25(27(34)35)19-22-6-8-24(9-7-22)32-15-11-23(12-16-32)20-31-26-18-21(3)10-14-30-26/h6-10,14,18,23,25H,4-5,11-13,15-17,19-20H2,1-3H3,(H,30,31)(H,34,35). The number of nitrogens with one attached hydrogen (secondary N) is 1. The van der Waals surface area contributed by atoms with Crippen LogP contribution in [0.2, 0.25) is 0 Å². The Bertz CT molecular complexity index is 1040. The third-order valence-electron chi connectivity index (χ3n) is 8.39. The molecule has 1 aromatic carbocycles. The van der Waals surface area contributed by atoms with Crippen LogP contribution >= 0.6 is 0 Å². The molecule has 2 N–H and O–H groups in total. The smallest absolute Gasteiger partial charge is 0.326 e. The van der Waals surface area contributed by atoms with Gasteiger partial charge in [-0.25, -0.2) is 9.78 Å². The highest BCUT2D eigenvalue weighted by Crippen LogP contribution is 2.39. The molecule has 0 aliphatic carbocycles. The number of aliphatic carboxylic acids is 1. The Morgan fingerprint density at radius 2 is 1.83 bits per heavy atom. The van der Waals surface area contributed by atoms with Crippen molar-refractivity contribution in [1.82, 2.24) is 9.88 Å². The van der Waals surface area contributed by atoms with Gasteiger partial charge in [0.15, 0.2) is 0 Å². The Hall–Kier alpha value is -3.09. The Kier molecular flexibility index (Phi) is 8.17. The summed E-state index contributed by atoms with van der Waals surface area (Å²) in [5.74, 6) is 0.646. The molecule has 0 radical (unpaired) electrons. The fraction of sp³-hybridized carbons (Fsp3) is 0.552. The number of hydrogen-bond acceptors (Lipinski definition) is 5. The number of hydrogen-bond donors (Lipinski definition) is 2. The maximum atomic E-state index is 13.1. The SMILES string of the molecule is CCC1(CC)CCN(C(Cc2ccc(N3CCC(CNc4cc(C)ccn4)CC3)cc2)C(=O)O)C1=O. The van der Waals surface area contributed by atoms with Gasteiger partial charge in [-0.1, -0.05) is 26.0 Å². The molecule has 2 aromatic rings. The van der Waals surface area contributed by atoms with Crippen LogP contribution in [0, 0.1) is 18.3 Å². The molecule has 1 atom stereocenters. The Morgan fingerprint density at radius 1 is 1.14 bits per heavy atom. The van der Waals surface area contributed by atoms with E-state index in [1.165, 1.54) is 11.3 Å². The van der Waals surface area contributed by atoms with Crippen molar-refractivity contribution >= 4 is 23.4 Å². The van der Waals surface area contributed by atoms with Crippen LogP contribution in [0.15, 0.2) is 42.6 Å². The van der Waals surface area contributed by atoms with Crippen molar-refractivity contribution in [2.24, 2.45) is 11.3 Å². The molecule has 2 aliphatic rings. The molecule has 36 heavy (non-hydrogen) atoms. The molecule has 0 saturated carbocycles. The number of aryl methyl sites for hydroxylation is 1. The minimum Gasteiger partial charge on any atom is -0.480 e. The van der Waals surface area contributed by atoms with Gasteiger partial charge in [-0.3, -0.25) is 4.79 Å². The number of anilines is 2. The van der Waals surface area contributed by atoms with E-state index in [1.54, 1.807) is 4.90 Å². The van der Waals surface area contributed by atoms with Crippen molar-refractivity contribution in [3.63, 3.8) is 0 Å². The molecule has 7 heteroatoms. The van der Waals surface area contributed by atoms with Gasteiger partial charge in [0, 0.05) is 44.5 Å². The minimum atomic E-state index is -0.924. The van der Waals surface area contributed by atoms with Crippen LogP contribution in [0.5, 0.6) is 0 Å². The molecule has 194 valence electrons. The van der Waals surface area contributed by atoms with Crippen LogP contribution in [0.3, 0.4) is 0 Å². The molecule has 2 saturated heterocycles. The van der Waals surface area contributed by atoms with E-state index in [-0.39, 0.29) is 5.91 Å². The second-order valence-corrected chi connectivity index (χ2v) is 10.5. The highest BCUT2D eigenvalue weighted by atomic mass is 16.4. The number of aromatic nitrogens is 1. The van der Waals surface area contributed by atoms with Crippen molar-refractivity contribution in [2.75, 3.05) is 36.4 Å². The Morgan fingerprint density at radius 3 is 2.42 bits per heavy atom. The van der Waals surface area contributed by atoms with Gasteiger partial charge < -0.3 is 20.2 Å². The van der Waals surface area contributed by atoms with Crippen molar-refractivity contribution in [3.8, 4) is 0 Å². The van der Waals surface area contributed by atoms with Gasteiger partial charge in [-0.15, -0.1) is 0 Å². The Balaban J connectivity index is 1.31. The predicted octanol–water partition coefficient (Wildman–Crippen LogP) is 4.75. The maximum Gasteiger partial charge on any atom is 0.326 e. The number of carboxylic acids is 1. The van der Waals surface area contributed by atoms with Gasteiger partial charge in [0.1, 0.15) is 11.9 Å². The van der Waals surface area contributed by atoms with Gasteiger partial charge in [-0.2, -0.15) is 0 Å². The first kappa shape index (κ1) is 26.0. The summed E-state index contributed by atoms with van der Waals surface area (Å²) in [6.07, 6.45) is 6.69. The van der Waals surface area contributed by atoms with Crippen LogP contribution in [0.4, 0.5) is 11.5 Å². The number of rotatable bonds is 10. The van der Waals surface area contributed by atoms with E-state index in [9.17, 15) is 14.7 Å². The van der Waals surface area contributed by atoms with Gasteiger partial charge >= 0.3 is 5.97 Å². The molecule has 2 fully saturated rings. The summed E-state index contributed by atoms with van der Waals surface area (Å²) in [4.78, 5) is 33.6. The number of pyridine rings is 1. The predicted molar refractivity (Wildman–Crippen MR) is 143 cm³/mol. The van der Waals surface area contributed by atoms with E-state index in [4.69, 9.17) is 0 Å². The summed E-state index contributed by atoms with van der Waals surface area (Å²) in [7, 11) is 0. The average Bonchev–Trinajstić information content (AvgIpc) is 3.22. The summed E-state index contributed by atoms with van der Waals surface area (Å²) in [5, 5.41) is 13.4. The number of benzene rings is 1. The van der Waals surface area contributed by atoms with E-state index in [2.05, 4.69) is 40.3 Å². The molecule has 3 heterocycles. The van der Waals surface area contributed by atoms with Gasteiger partial charge in [-0.05, 0) is 80.3 Å². The summed E-state index contributed by atoms with van der Waals surface area (Å²) < 4.78 is 0. The molecule has 1 amide bonds. The lowest BCUT2D eigenvalue weighted by Crippen LogP contribution is -2.46. The van der Waals surface area contributed by atoms with Crippen LogP contribution in [0.25, 0.3) is 0 Å². The fourth-order valence-corrected chi connectivity index (χ4v) is 5.72. The first-order valence-corrected chi connectivity index (χ1v) is 13.4. The van der Waals surface area contributed by atoms with Gasteiger partial charge in [0.2, 0.25) is 5.91 Å². The monoisotopic (exact) mass is 492 g/mol. The molecule has 0 spiro atoms. The molecule has 1 aromatic heterocycles. The van der Waals surface area contributed by atoms with Gasteiger partial charge in [0.25, 0.3) is 0 Å². The molecule has 7 nitrogen and oxygen atoms in total. The lowest BCUT2D eigenvalue weighted by molar-refractivity contribution is -0.151. The summed E-state index contributed by atoms with van der Waals surface area (Å²) in [6, 6.07) is 11.5. The largest absolute Gasteiger partial charge is 0.480 e. The summed E-state index contributed by atoms with van der Waals surface area (Å²) in [6.45, 7) is 9.60. The number of carbonyl (C=O) groups excluding carboxylic acids is 1. The lowest BCUT2D eigenvalue weighted by atomic mass is 9.81. The van der Waals surface area contributed by atoms with E-state index >= 15 is 0 Å². The van der Waals surface area contributed by atoms with Crippen LogP contribution in [0.1, 0.15) is 57.1 Å². The van der Waals surface area contributed by atoms with E-state index in [0.29, 0.717) is 18.9 Å². The normalized spacial score (nSPS) is 18.9. The number of likely N-dealkylation sites (tertiary alicyclic amines) is 1. The van der Waals surface area contributed by atoms with Crippen molar-refractivity contribution in [1.29, 1.82) is 0 Å². The van der Waals surface area contributed by atoms with E-state index in [0.717, 1.165) is 63.1 Å². The molecule has 1 unspecified atom stereocenters. The second-order valence-electron chi connectivity index (χ2n) is 10.5. The number of amides is 1. The number of carbonyl (C=O) groups is 2. The van der Waals surface area contributed by atoms with Crippen LogP contribution in [-0.2, 0) is 16.0 Å². The molecule has 2 aliphatic heterocycles. The fourth-order valence-electron chi connectivity index (χ4n) is 5.72. The number of piperidine rings is 1. The third kappa shape index (κ3) is 5.66. The zero-order chi connectivity index (χ0) is 25.7. The zero-order valence-electron chi connectivity index (χ0n) is 21.9. The Labute approximate surface area is 214 Å². The second kappa shape index (κ2) is 11.3. The summed E-state index contributed by atoms with van der Waals surface area (Å²) >= 11 is 0. The van der Waals surface area contributed by atoms with Crippen molar-refractivity contribution in [3.05, 3.63) is 53.7 Å².